The number of ether oxygens (including phenoxy) is 3. The van der Waals surface area contributed by atoms with Gasteiger partial charge in [0.2, 0.25) is 0 Å². The number of hydrogen-bond acceptors (Lipinski definition) is 3. The Morgan fingerprint density at radius 1 is 0.923 bits per heavy atom. The Labute approximate surface area is 181 Å². The summed E-state index contributed by atoms with van der Waals surface area (Å²) in [5.41, 5.74) is 1.40. The van der Waals surface area contributed by atoms with Gasteiger partial charge >= 0.3 is 0 Å². The zero-order chi connectivity index (χ0) is 17.4. The van der Waals surface area contributed by atoms with Crippen molar-refractivity contribution in [2.45, 2.75) is 13.0 Å². The summed E-state index contributed by atoms with van der Waals surface area (Å²) in [7, 11) is 1.67. The van der Waals surface area contributed by atoms with Crippen molar-refractivity contribution in [2.75, 3.05) is 46.6 Å². The topological polar surface area (TPSA) is 27.7 Å². The van der Waals surface area contributed by atoms with Crippen LogP contribution in [0.15, 0.2) is 54.6 Å². The van der Waals surface area contributed by atoms with Gasteiger partial charge in [0.05, 0.1) is 33.5 Å². The molecule has 0 spiro atoms. The Bertz CT molecular complexity index is 627. The number of benzene rings is 2. The summed E-state index contributed by atoms with van der Waals surface area (Å²) in [6, 6.07) is 18.6. The molecule has 0 aliphatic carbocycles. The van der Waals surface area contributed by atoms with Crippen LogP contribution in [0.5, 0.6) is 11.5 Å². The summed E-state index contributed by atoms with van der Waals surface area (Å²) in [5.74, 6) is 1.76. The fourth-order valence-electron chi connectivity index (χ4n) is 3.42. The van der Waals surface area contributed by atoms with Gasteiger partial charge in [-0.25, -0.2) is 0 Å². The van der Waals surface area contributed by atoms with Crippen molar-refractivity contribution >= 4 is 0 Å². The van der Waals surface area contributed by atoms with E-state index in [1.807, 2.05) is 24.3 Å². The van der Waals surface area contributed by atoms with Gasteiger partial charge < -0.3 is 18.7 Å². The number of quaternary nitrogens is 1. The quantitative estimate of drug-likeness (QED) is 0.473. The Hall–Kier alpha value is -0.936. The van der Waals surface area contributed by atoms with Crippen molar-refractivity contribution < 1.29 is 51.4 Å². The van der Waals surface area contributed by atoms with Gasteiger partial charge in [-0.15, -0.1) is 0 Å². The fraction of sp³-hybridized carbons (Fsp3) is 0.429. The van der Waals surface area contributed by atoms with E-state index in [1.165, 1.54) is 5.56 Å². The molecule has 2 aromatic rings. The molecule has 5 heteroatoms. The molecule has 26 heavy (non-hydrogen) atoms. The molecule has 3 rings (SSSR count). The smallest absolute Gasteiger partial charge is 0.119 e. The fourth-order valence-corrected chi connectivity index (χ4v) is 3.42. The zero-order valence-corrected chi connectivity index (χ0v) is 18.4. The van der Waals surface area contributed by atoms with E-state index in [9.17, 15) is 0 Å². The molecular weight excluding hydrogens is 403 g/mol. The summed E-state index contributed by atoms with van der Waals surface area (Å²) in [5, 5.41) is 0. The minimum Gasteiger partial charge on any atom is -0.497 e. The maximum absolute atomic E-state index is 5.89. The van der Waals surface area contributed by atoms with Crippen molar-refractivity contribution in [3.8, 4) is 11.5 Å². The van der Waals surface area contributed by atoms with E-state index in [1.54, 1.807) is 7.11 Å². The molecule has 0 bridgehead atoms. The molecule has 0 atom stereocenters. The Kier molecular flexibility index (Phi) is 9.07. The molecule has 1 heterocycles. The van der Waals surface area contributed by atoms with Gasteiger partial charge in [0, 0.05) is 44.7 Å². The standard InChI is InChI=1S/C21H28NO3.Y/c1-23-20-8-10-21(11-9-20)25-15-5-12-22(13-16-24-17-14-22)18-19-6-3-2-4-7-19;/h2-4,6-11H,5,12-18H2,1H3;/q+1;. The molecule has 1 radical (unpaired) electrons. The van der Waals surface area contributed by atoms with Crippen LogP contribution in [-0.4, -0.2) is 51.0 Å². The molecule has 1 saturated heterocycles. The van der Waals surface area contributed by atoms with Crippen molar-refractivity contribution in [3.05, 3.63) is 60.2 Å². The number of hydrogen-bond donors (Lipinski definition) is 0. The first-order chi connectivity index (χ1) is 12.3. The molecule has 0 aromatic heterocycles. The predicted molar refractivity (Wildman–Crippen MR) is 98.9 cm³/mol. The van der Waals surface area contributed by atoms with Crippen LogP contribution in [0.4, 0.5) is 0 Å². The summed E-state index contributed by atoms with van der Waals surface area (Å²) < 4.78 is 17.8. The average Bonchev–Trinajstić information content (AvgIpc) is 2.67. The van der Waals surface area contributed by atoms with Crippen LogP contribution >= 0.6 is 0 Å². The second kappa shape index (κ2) is 11.0. The first-order valence-corrected chi connectivity index (χ1v) is 9.03. The first kappa shape index (κ1) is 21.4. The average molecular weight is 431 g/mol. The summed E-state index contributed by atoms with van der Waals surface area (Å²) in [4.78, 5) is 0. The summed E-state index contributed by atoms with van der Waals surface area (Å²) >= 11 is 0. The van der Waals surface area contributed by atoms with Gasteiger partial charge in [-0.3, -0.25) is 0 Å². The van der Waals surface area contributed by atoms with E-state index in [4.69, 9.17) is 14.2 Å². The van der Waals surface area contributed by atoms with E-state index >= 15 is 0 Å². The van der Waals surface area contributed by atoms with Gasteiger partial charge in [-0.05, 0) is 24.3 Å². The number of nitrogens with zero attached hydrogens (tertiary/aromatic N) is 1. The normalized spacial score (nSPS) is 15.7. The molecule has 0 saturated carbocycles. The van der Waals surface area contributed by atoms with Crippen molar-refractivity contribution in [1.29, 1.82) is 0 Å². The van der Waals surface area contributed by atoms with Crippen molar-refractivity contribution in [2.24, 2.45) is 0 Å². The molecule has 0 amide bonds. The zero-order valence-electron chi connectivity index (χ0n) is 15.6. The minimum absolute atomic E-state index is 0. The van der Waals surface area contributed by atoms with E-state index < -0.39 is 0 Å². The number of methoxy groups -OCH3 is 1. The van der Waals surface area contributed by atoms with Crippen LogP contribution < -0.4 is 9.47 Å². The molecule has 4 nitrogen and oxygen atoms in total. The largest absolute Gasteiger partial charge is 0.497 e. The van der Waals surface area contributed by atoms with Crippen LogP contribution in [0.1, 0.15) is 12.0 Å². The minimum atomic E-state index is 0. The monoisotopic (exact) mass is 431 g/mol. The van der Waals surface area contributed by atoms with E-state index in [0.29, 0.717) is 0 Å². The van der Waals surface area contributed by atoms with Crippen LogP contribution in [0.3, 0.4) is 0 Å². The Morgan fingerprint density at radius 3 is 2.23 bits per heavy atom. The molecule has 0 N–H and O–H groups in total. The summed E-state index contributed by atoms with van der Waals surface area (Å²) in [6.07, 6.45) is 1.04. The molecule has 1 fully saturated rings. The van der Waals surface area contributed by atoms with E-state index in [0.717, 1.165) is 68.4 Å². The maximum atomic E-state index is 5.89. The Morgan fingerprint density at radius 2 is 1.58 bits per heavy atom. The maximum Gasteiger partial charge on any atom is 0.119 e. The van der Waals surface area contributed by atoms with Crippen molar-refractivity contribution in [1.82, 2.24) is 0 Å². The second-order valence-corrected chi connectivity index (χ2v) is 6.65. The first-order valence-electron chi connectivity index (χ1n) is 9.03. The SMILES string of the molecule is COc1ccc(OCCC[N+]2(Cc3ccccc3)CCOCC2)cc1.[Y]. The molecular formula is C21H28NO3Y+. The molecule has 1 aliphatic rings. The van der Waals surface area contributed by atoms with Gasteiger partial charge in [-0.2, -0.15) is 0 Å². The van der Waals surface area contributed by atoms with Crippen LogP contribution in [0, 0.1) is 0 Å². The Balaban J connectivity index is 0.00000243. The summed E-state index contributed by atoms with van der Waals surface area (Å²) in [6.45, 7) is 6.80. The van der Waals surface area contributed by atoms with Gasteiger partial charge in [-0.1, -0.05) is 30.3 Å². The molecule has 0 unspecified atom stereocenters. The third kappa shape index (κ3) is 6.35. The predicted octanol–water partition coefficient (Wildman–Crippen LogP) is 3.51. The van der Waals surface area contributed by atoms with E-state index in [-0.39, 0.29) is 32.7 Å². The molecule has 137 valence electrons. The van der Waals surface area contributed by atoms with Gasteiger partial charge in [0.1, 0.15) is 31.1 Å². The second-order valence-electron chi connectivity index (χ2n) is 6.65. The van der Waals surface area contributed by atoms with Crippen molar-refractivity contribution in [3.63, 3.8) is 0 Å². The van der Waals surface area contributed by atoms with Crippen LogP contribution in [0.25, 0.3) is 0 Å². The number of rotatable bonds is 8. The molecule has 2 aromatic carbocycles. The van der Waals surface area contributed by atoms with Crippen LogP contribution in [0.2, 0.25) is 0 Å². The van der Waals surface area contributed by atoms with Gasteiger partial charge in [0.15, 0.2) is 0 Å². The number of morpholine rings is 1. The molecule has 1 aliphatic heterocycles. The van der Waals surface area contributed by atoms with Gasteiger partial charge in [0.25, 0.3) is 0 Å². The third-order valence-corrected chi connectivity index (χ3v) is 4.89. The third-order valence-electron chi connectivity index (χ3n) is 4.89. The van der Waals surface area contributed by atoms with Crippen LogP contribution in [-0.2, 0) is 44.0 Å². The van der Waals surface area contributed by atoms with E-state index in [2.05, 4.69) is 30.3 Å².